The van der Waals surface area contributed by atoms with Gasteiger partial charge >= 0.3 is 0 Å². The molecule has 0 fully saturated rings. The molecule has 0 aromatic heterocycles. The van der Waals surface area contributed by atoms with Crippen LogP contribution in [0.3, 0.4) is 0 Å². The lowest BCUT2D eigenvalue weighted by Gasteiger charge is -2.46. The first-order chi connectivity index (χ1) is 14.8. The number of rotatable bonds is 6. The van der Waals surface area contributed by atoms with Crippen LogP contribution in [0.25, 0.3) is 12.2 Å². The van der Waals surface area contributed by atoms with Gasteiger partial charge in [-0.15, -0.1) is 23.2 Å². The average Bonchev–Trinajstić information content (AvgIpc) is 3.13. The van der Waals surface area contributed by atoms with E-state index < -0.39 is 25.8 Å². The highest BCUT2D eigenvalue weighted by Crippen LogP contribution is 2.57. The summed E-state index contributed by atoms with van der Waals surface area (Å²) in [4.78, 5) is -0.518. The summed E-state index contributed by atoms with van der Waals surface area (Å²) < 4.78 is 6.12. The van der Waals surface area contributed by atoms with Gasteiger partial charge in [-0.3, -0.25) is 0 Å². The Balaban J connectivity index is 1.77. The maximum atomic E-state index is 7.82. The normalized spacial score (nSPS) is 25.8. The van der Waals surface area contributed by atoms with Gasteiger partial charge in [0.1, 0.15) is 8.07 Å². The Kier molecular flexibility index (Phi) is 6.00. The van der Waals surface area contributed by atoms with Gasteiger partial charge < -0.3 is 4.43 Å². The van der Waals surface area contributed by atoms with Crippen LogP contribution < -0.4 is 0 Å². The van der Waals surface area contributed by atoms with Crippen molar-refractivity contribution >= 4 is 51.7 Å². The molecule has 0 radical (unpaired) electrons. The van der Waals surface area contributed by atoms with E-state index in [0.717, 1.165) is 6.42 Å². The van der Waals surface area contributed by atoms with Gasteiger partial charge in [-0.1, -0.05) is 73.8 Å². The largest absolute Gasteiger partial charge is 0.418 e. The fourth-order valence-electron chi connectivity index (χ4n) is 5.26. The Hall–Kier alpha value is -1.11. The Labute approximate surface area is 205 Å². The number of hydrogen-bond acceptors (Lipinski definition) is 1. The minimum absolute atomic E-state index is 0.137. The molecule has 0 bridgehead atoms. The molecule has 5 heteroatoms. The lowest BCUT2D eigenvalue weighted by atomic mass is 9.91. The zero-order valence-electron chi connectivity index (χ0n) is 20.2. The molecule has 3 unspecified atom stereocenters. The van der Waals surface area contributed by atoms with Crippen LogP contribution in [0, 0.1) is 0 Å². The zero-order chi connectivity index (χ0) is 23.5. The van der Waals surface area contributed by atoms with E-state index in [9.17, 15) is 0 Å². The summed E-state index contributed by atoms with van der Waals surface area (Å²) in [5.41, 5.74) is 7.46. The molecule has 2 aromatic rings. The van der Waals surface area contributed by atoms with Gasteiger partial charge in [0.15, 0.2) is 8.32 Å². The molecule has 0 heterocycles. The number of alkyl halides is 2. The third kappa shape index (κ3) is 3.80. The number of hydrogen-bond donors (Lipinski definition) is 0. The highest BCUT2D eigenvalue weighted by Gasteiger charge is 2.56. The van der Waals surface area contributed by atoms with E-state index in [1.165, 1.54) is 33.4 Å². The van der Waals surface area contributed by atoms with Crippen molar-refractivity contribution in [3.63, 3.8) is 0 Å². The van der Waals surface area contributed by atoms with Gasteiger partial charge in [-0.2, -0.15) is 0 Å². The standard InChI is InChI=1S/C27H34Cl2OSi2/c1-19(30-31(3,4)5)32(6,7)27(29)23(17-21-13-9-11-15-25(21)27)18-22-16-20-12-8-10-14-24(20)26(22,2)28/h8-17,19H,18H2,1-7H3. The number of allylic oxidation sites excluding steroid dienone is 2. The summed E-state index contributed by atoms with van der Waals surface area (Å²) in [5, 5.41) is 0. The van der Waals surface area contributed by atoms with E-state index in [1.807, 2.05) is 0 Å². The van der Waals surface area contributed by atoms with Crippen LogP contribution in [0.15, 0.2) is 59.7 Å². The van der Waals surface area contributed by atoms with E-state index >= 15 is 0 Å². The Morgan fingerprint density at radius 1 is 0.812 bits per heavy atom. The van der Waals surface area contributed by atoms with E-state index in [4.69, 9.17) is 27.6 Å². The summed E-state index contributed by atoms with van der Waals surface area (Å²) in [6.07, 6.45) is 5.35. The van der Waals surface area contributed by atoms with Gasteiger partial charge in [0.2, 0.25) is 0 Å². The molecule has 2 aromatic carbocycles. The maximum Gasteiger partial charge on any atom is 0.183 e. The van der Waals surface area contributed by atoms with E-state index in [1.54, 1.807) is 0 Å². The summed E-state index contributed by atoms with van der Waals surface area (Å²) in [5.74, 6) is 0. The lowest BCUT2D eigenvalue weighted by molar-refractivity contribution is 0.278. The lowest BCUT2D eigenvalue weighted by Crippen LogP contribution is -2.59. The minimum atomic E-state index is -2.18. The molecule has 3 atom stereocenters. The second kappa shape index (κ2) is 7.99. The molecule has 0 aliphatic heterocycles. The molecular weight excluding hydrogens is 467 g/mol. The van der Waals surface area contributed by atoms with Crippen LogP contribution in [-0.4, -0.2) is 22.1 Å². The molecule has 0 amide bonds. The van der Waals surface area contributed by atoms with Gasteiger partial charge in [0, 0.05) is 5.73 Å². The number of halogens is 2. The van der Waals surface area contributed by atoms with Crippen molar-refractivity contribution < 1.29 is 4.43 Å². The molecule has 0 N–H and O–H groups in total. The second-order valence-electron chi connectivity index (χ2n) is 10.9. The molecule has 2 aliphatic rings. The van der Waals surface area contributed by atoms with Gasteiger partial charge in [-0.05, 0) is 73.3 Å². The van der Waals surface area contributed by atoms with Crippen molar-refractivity contribution in [3.05, 3.63) is 81.9 Å². The van der Waals surface area contributed by atoms with Gasteiger partial charge in [0.05, 0.1) is 9.37 Å². The van der Waals surface area contributed by atoms with Crippen LogP contribution >= 0.6 is 23.2 Å². The Bertz CT molecular complexity index is 1110. The number of benzene rings is 2. The minimum Gasteiger partial charge on any atom is -0.418 e. The smallest absolute Gasteiger partial charge is 0.183 e. The molecule has 2 aliphatic carbocycles. The number of fused-ring (bicyclic) bond motifs is 2. The van der Waals surface area contributed by atoms with Gasteiger partial charge in [0.25, 0.3) is 0 Å². The van der Waals surface area contributed by atoms with E-state index in [2.05, 4.69) is 107 Å². The summed E-state index contributed by atoms with van der Waals surface area (Å²) >= 11 is 15.0. The quantitative estimate of drug-likeness (QED) is 0.285. The van der Waals surface area contributed by atoms with Crippen LogP contribution in [-0.2, 0) is 13.8 Å². The molecule has 170 valence electrons. The molecule has 0 saturated heterocycles. The first kappa shape index (κ1) is 24.0. The van der Waals surface area contributed by atoms with Crippen LogP contribution in [0.1, 0.15) is 42.5 Å². The second-order valence-corrected chi connectivity index (χ2v) is 22.1. The highest BCUT2D eigenvalue weighted by molar-refractivity contribution is 6.89. The molecule has 1 nitrogen and oxygen atoms in total. The predicted octanol–water partition coefficient (Wildman–Crippen LogP) is 8.49. The van der Waals surface area contributed by atoms with E-state index in [-0.39, 0.29) is 5.73 Å². The first-order valence-corrected chi connectivity index (χ1v) is 18.7. The van der Waals surface area contributed by atoms with Gasteiger partial charge in [-0.25, -0.2) is 0 Å². The summed E-state index contributed by atoms with van der Waals surface area (Å²) in [7, 11) is -3.89. The Morgan fingerprint density at radius 3 is 1.88 bits per heavy atom. The average molecular weight is 502 g/mol. The van der Waals surface area contributed by atoms with Crippen molar-refractivity contribution in [2.75, 3.05) is 0 Å². The third-order valence-corrected chi connectivity index (χ3v) is 15.5. The topological polar surface area (TPSA) is 9.23 Å². The molecule has 0 saturated carbocycles. The SMILES string of the molecule is CC(O[Si](C)(C)C)[Si](C)(C)C1(Cl)C(CC2=Cc3ccccc3C2(C)Cl)=Cc2ccccc21. The van der Waals surface area contributed by atoms with Crippen molar-refractivity contribution in [3.8, 4) is 0 Å². The fraction of sp³-hybridized carbons (Fsp3) is 0.407. The molecule has 4 rings (SSSR count). The fourth-order valence-corrected chi connectivity index (χ4v) is 12.1. The van der Waals surface area contributed by atoms with Crippen LogP contribution in [0.4, 0.5) is 0 Å². The highest BCUT2D eigenvalue weighted by atomic mass is 35.5. The summed E-state index contributed by atoms with van der Waals surface area (Å²) in [6, 6.07) is 17.0. The monoisotopic (exact) mass is 500 g/mol. The maximum absolute atomic E-state index is 7.82. The molecular formula is C27H34Cl2OSi2. The Morgan fingerprint density at radius 2 is 1.31 bits per heavy atom. The zero-order valence-corrected chi connectivity index (χ0v) is 23.7. The molecule has 0 spiro atoms. The van der Waals surface area contributed by atoms with Crippen molar-refractivity contribution in [1.29, 1.82) is 0 Å². The predicted molar refractivity (Wildman–Crippen MR) is 146 cm³/mol. The van der Waals surface area contributed by atoms with Crippen molar-refractivity contribution in [2.45, 2.75) is 68.1 Å². The van der Waals surface area contributed by atoms with Crippen molar-refractivity contribution in [2.24, 2.45) is 0 Å². The molecule has 32 heavy (non-hydrogen) atoms. The van der Waals surface area contributed by atoms with Crippen LogP contribution in [0.5, 0.6) is 0 Å². The summed E-state index contributed by atoms with van der Waals surface area (Å²) in [6.45, 7) is 15.9. The first-order valence-electron chi connectivity index (χ1n) is 11.5. The van der Waals surface area contributed by atoms with Crippen LogP contribution in [0.2, 0.25) is 32.7 Å². The van der Waals surface area contributed by atoms with Crippen molar-refractivity contribution in [1.82, 2.24) is 0 Å². The van der Waals surface area contributed by atoms with E-state index in [0.29, 0.717) is 0 Å². The third-order valence-electron chi connectivity index (χ3n) is 7.32.